The molecule has 12 aromatic rings. The fraction of sp³-hybridized carbons (Fsp3) is 0.378. The number of oxazole rings is 3. The fourth-order valence-corrected chi connectivity index (χ4v) is 13.6. The lowest BCUT2D eigenvalue weighted by molar-refractivity contribution is -0.00209. The van der Waals surface area contributed by atoms with Gasteiger partial charge in [-0.15, -0.1) is 0 Å². The molecule has 15 rings (SSSR count). The van der Waals surface area contributed by atoms with Gasteiger partial charge in [0.15, 0.2) is 19.2 Å². The van der Waals surface area contributed by atoms with Crippen LogP contribution in [0.25, 0.3) is 50.7 Å². The summed E-state index contributed by atoms with van der Waals surface area (Å²) in [6.45, 7) is 7.14. The predicted octanol–water partition coefficient (Wildman–Crippen LogP) is 11.2. The molecule has 0 bridgehead atoms. The number of carbonyl (C=O) groups is 3. The van der Waals surface area contributed by atoms with E-state index in [1.807, 2.05) is 36.4 Å². The second kappa shape index (κ2) is 35.0. The van der Waals surface area contributed by atoms with Crippen molar-refractivity contribution in [1.82, 2.24) is 74.7 Å². The minimum atomic E-state index is -1.63. The van der Waals surface area contributed by atoms with Gasteiger partial charge in [0.1, 0.15) is 54.0 Å². The van der Waals surface area contributed by atoms with Crippen LogP contribution in [-0.2, 0) is 19.3 Å². The Hall–Kier alpha value is -12.9. The molecular weight excluding hydrogens is 1480 g/mol. The van der Waals surface area contributed by atoms with Gasteiger partial charge in [-0.1, -0.05) is 7.43 Å². The minimum Gasteiger partial charge on any atom is -0.449 e. The summed E-state index contributed by atoms with van der Waals surface area (Å²) < 4.78 is 63.9. The SMILES string of the molecule is C.CC(C)(O)[C@H](F)CNC(=O)c1cnc(-c2ccc3cc(C#N)cnn23)cc1NC1CC(Cc2cnco2)C1.CC(C)(O)[C@H](F)CNC(=O)c1cnc(-c2ccc3cc(C#N)cnn23)cc1NC1CC(Cc2cnco2)C1.CC(C)(O)[C@H](F)CNC(=O)c1cnc(-c2ccc3cc(C#N)cnn23)cc1NC1CC(Cc2cnco2)C1. The molecule has 33 heteroatoms. The van der Waals surface area contributed by atoms with Crippen molar-refractivity contribution in [2.24, 2.45) is 17.8 Å². The third kappa shape index (κ3) is 19.8. The minimum absolute atomic E-state index is 0. The summed E-state index contributed by atoms with van der Waals surface area (Å²) in [6.07, 6.45) is 21.1. The molecule has 0 aliphatic heterocycles. The lowest BCUT2D eigenvalue weighted by atomic mass is 9.77. The average Bonchev–Trinajstić information content (AvgIpc) is 1.71. The van der Waals surface area contributed by atoms with Gasteiger partial charge < -0.3 is 60.5 Å². The van der Waals surface area contributed by atoms with Crippen molar-refractivity contribution in [3.05, 3.63) is 198 Å². The number of rotatable bonds is 27. The maximum absolute atomic E-state index is 14.3. The number of nitrogens with zero attached hydrogens (tertiary/aromatic N) is 15. The summed E-state index contributed by atoms with van der Waals surface area (Å²) >= 11 is 0. The van der Waals surface area contributed by atoms with Gasteiger partial charge in [-0.3, -0.25) is 29.3 Å². The van der Waals surface area contributed by atoms with Crippen LogP contribution < -0.4 is 31.9 Å². The number of aromatic nitrogens is 12. The second-order valence-corrected chi connectivity index (χ2v) is 30.6. The number of nitriles is 3. The maximum atomic E-state index is 14.3. The third-order valence-corrected chi connectivity index (χ3v) is 20.5. The van der Waals surface area contributed by atoms with Crippen LogP contribution in [-0.4, -0.2) is 165 Å². The highest BCUT2D eigenvalue weighted by molar-refractivity contribution is 6.01. The van der Waals surface area contributed by atoms with Gasteiger partial charge in [-0.25, -0.2) is 41.7 Å². The molecule has 12 heterocycles. The molecule has 3 saturated carbocycles. The first-order valence-electron chi connectivity index (χ1n) is 37.1. The average molecular weight is 1570 g/mol. The van der Waals surface area contributed by atoms with Crippen molar-refractivity contribution in [2.45, 2.75) is 160 Å². The highest BCUT2D eigenvalue weighted by atomic mass is 19.1. The maximum Gasteiger partial charge on any atom is 0.255 e. The summed E-state index contributed by atoms with van der Waals surface area (Å²) in [5, 5.41) is 88.3. The number of pyridine rings is 3. The molecule has 3 fully saturated rings. The van der Waals surface area contributed by atoms with Crippen LogP contribution in [0, 0.1) is 51.7 Å². The smallest absolute Gasteiger partial charge is 0.255 e. The lowest BCUT2D eigenvalue weighted by Gasteiger charge is -2.36. The molecule has 9 N–H and O–H groups in total. The standard InChI is InChI=1S/3C27H28FN7O3.CH4/c3*1-27(2,37)25(28)14-32-26(36)21-13-31-23(24-4-3-19-7-17(10-29)11-33-35(19)24)9-22(21)34-18-5-16(6-18)8-20-12-30-15-38-20;/h3*3-4,7,9,11-13,15-16,18,25,37H,5-6,8,14H2,1-2H3,(H,31,34)(H,32,36);1H4/t3*16?,18?,25-;/m111./s1. The summed E-state index contributed by atoms with van der Waals surface area (Å²) in [4.78, 5) is 64.5. The molecule has 3 aliphatic rings. The summed E-state index contributed by atoms with van der Waals surface area (Å²) in [5.74, 6) is 2.37. The zero-order chi connectivity index (χ0) is 80.6. The van der Waals surface area contributed by atoms with Crippen molar-refractivity contribution >= 4 is 51.3 Å². The van der Waals surface area contributed by atoms with E-state index < -0.39 is 53.0 Å². The van der Waals surface area contributed by atoms with E-state index in [0.717, 1.165) is 91.6 Å². The number of anilines is 3. The topological polar surface area (TPSA) is 424 Å². The number of amides is 3. The van der Waals surface area contributed by atoms with E-state index in [2.05, 4.69) is 95.3 Å². The van der Waals surface area contributed by atoms with Crippen LogP contribution in [0.5, 0.6) is 0 Å². The van der Waals surface area contributed by atoms with Crippen molar-refractivity contribution < 1.29 is 56.1 Å². The first-order valence-corrected chi connectivity index (χ1v) is 37.1. The predicted molar refractivity (Wildman–Crippen MR) is 418 cm³/mol. The highest BCUT2D eigenvalue weighted by Gasteiger charge is 2.36. The number of hydrogen-bond acceptors (Lipinski definition) is 24. The Kier molecular flexibility index (Phi) is 24.8. The van der Waals surface area contributed by atoms with Gasteiger partial charge in [0, 0.05) is 56.0 Å². The van der Waals surface area contributed by atoms with Gasteiger partial charge in [0.05, 0.1) is 175 Å². The molecule has 30 nitrogen and oxygen atoms in total. The van der Waals surface area contributed by atoms with Crippen LogP contribution >= 0.6 is 0 Å². The van der Waals surface area contributed by atoms with Crippen molar-refractivity contribution in [1.29, 1.82) is 15.8 Å². The van der Waals surface area contributed by atoms with Gasteiger partial charge in [0.25, 0.3) is 17.7 Å². The molecule has 0 unspecified atom stereocenters. The summed E-state index contributed by atoms with van der Waals surface area (Å²) in [7, 11) is 0. The van der Waals surface area contributed by atoms with Crippen LogP contribution in [0.3, 0.4) is 0 Å². The van der Waals surface area contributed by atoms with Crippen LogP contribution in [0.1, 0.15) is 153 Å². The summed E-state index contributed by atoms with van der Waals surface area (Å²) in [5.41, 5.74) is 5.22. The number of aliphatic hydroxyl groups is 3. The Morgan fingerprint density at radius 1 is 0.443 bits per heavy atom. The van der Waals surface area contributed by atoms with E-state index >= 15 is 0 Å². The Bertz CT molecular complexity index is 4980. The number of alkyl halides is 3. The van der Waals surface area contributed by atoms with Crippen LogP contribution in [0.15, 0.2) is 161 Å². The number of nitrogens with one attached hydrogen (secondary N) is 6. The van der Waals surface area contributed by atoms with Crippen molar-refractivity contribution in [3.8, 4) is 52.4 Å². The fourth-order valence-electron chi connectivity index (χ4n) is 13.6. The Morgan fingerprint density at radius 2 is 0.713 bits per heavy atom. The van der Waals surface area contributed by atoms with Gasteiger partial charge >= 0.3 is 0 Å². The summed E-state index contributed by atoms with van der Waals surface area (Å²) in [6, 6.07) is 28.3. The van der Waals surface area contributed by atoms with Crippen LogP contribution in [0.2, 0.25) is 0 Å². The monoisotopic (exact) mass is 1570 g/mol. The molecule has 115 heavy (non-hydrogen) atoms. The first kappa shape index (κ1) is 81.6. The van der Waals surface area contributed by atoms with Crippen LogP contribution in [0.4, 0.5) is 30.2 Å². The van der Waals surface area contributed by atoms with E-state index in [9.17, 15) is 42.9 Å². The molecule has 3 amide bonds. The number of carbonyl (C=O) groups excluding carboxylic acids is 3. The Balaban J connectivity index is 0.000000159. The molecular formula is C82H88F3N21O9. The normalized spacial score (nSPS) is 17.8. The van der Waals surface area contributed by atoms with E-state index in [1.54, 1.807) is 68.5 Å². The third-order valence-electron chi connectivity index (χ3n) is 20.5. The zero-order valence-corrected chi connectivity index (χ0v) is 63.2. The van der Waals surface area contributed by atoms with E-state index in [1.165, 1.54) is 97.9 Å². The second-order valence-electron chi connectivity index (χ2n) is 30.6. The van der Waals surface area contributed by atoms with E-state index in [-0.39, 0.29) is 61.9 Å². The molecule has 0 radical (unpaired) electrons. The molecule has 3 atom stereocenters. The first-order chi connectivity index (χ1) is 54.6. The van der Waals surface area contributed by atoms with E-state index in [4.69, 9.17) is 29.0 Å². The Morgan fingerprint density at radius 3 is 0.948 bits per heavy atom. The van der Waals surface area contributed by atoms with Crippen molar-refractivity contribution in [3.63, 3.8) is 0 Å². The van der Waals surface area contributed by atoms with E-state index in [0.29, 0.717) is 85.7 Å². The largest absolute Gasteiger partial charge is 0.449 e. The number of hydrogen-bond donors (Lipinski definition) is 9. The molecule has 0 aromatic carbocycles. The number of fused-ring (bicyclic) bond motifs is 3. The quantitative estimate of drug-likeness (QED) is 0.0231. The molecule has 596 valence electrons. The van der Waals surface area contributed by atoms with Crippen molar-refractivity contribution in [2.75, 3.05) is 35.6 Å². The van der Waals surface area contributed by atoms with Gasteiger partial charge in [-0.2, -0.15) is 31.1 Å². The lowest BCUT2D eigenvalue weighted by Crippen LogP contribution is -2.42. The molecule has 0 saturated heterocycles. The highest BCUT2D eigenvalue weighted by Crippen LogP contribution is 2.39. The van der Waals surface area contributed by atoms with Gasteiger partial charge in [-0.05, 0) is 171 Å². The Labute approximate surface area is 659 Å². The molecule has 0 spiro atoms. The number of halogens is 3. The van der Waals surface area contributed by atoms with Gasteiger partial charge in [0.2, 0.25) is 0 Å². The molecule has 3 aliphatic carbocycles. The zero-order valence-electron chi connectivity index (χ0n) is 63.2. The molecule has 12 aromatic heterocycles.